The molecule has 0 bridgehead atoms. The number of rotatable bonds is 12. The summed E-state index contributed by atoms with van der Waals surface area (Å²) in [6.45, 7) is 6.28. The number of carbonyl (C=O) groups excluding carboxylic acids is 1. The van der Waals surface area contributed by atoms with Crippen LogP contribution in [0, 0.1) is 0 Å². The third kappa shape index (κ3) is 7.44. The molecule has 0 fully saturated rings. The van der Waals surface area contributed by atoms with Crippen LogP contribution >= 0.6 is 7.60 Å². The zero-order chi connectivity index (χ0) is 16.4. The second-order valence-electron chi connectivity index (χ2n) is 5.73. The summed E-state index contributed by atoms with van der Waals surface area (Å²) in [5.74, 6) is -0.487. The summed E-state index contributed by atoms with van der Waals surface area (Å²) in [6.07, 6.45) is 5.36. The Kier molecular flexibility index (Phi) is 10.2. The quantitative estimate of drug-likeness (QED) is 0.322. The number of carbonyl (C=O) groups is 1. The molecule has 0 aliphatic rings. The van der Waals surface area contributed by atoms with E-state index in [1.165, 1.54) is 0 Å². The van der Waals surface area contributed by atoms with Crippen LogP contribution in [0.1, 0.15) is 78.6 Å². The van der Waals surface area contributed by atoms with Gasteiger partial charge in [-0.05, 0) is 19.3 Å². The Morgan fingerprint density at radius 2 is 1.48 bits per heavy atom. The molecular weight excluding hydrogens is 291 g/mol. The van der Waals surface area contributed by atoms with Gasteiger partial charge in [-0.2, -0.15) is 0 Å². The Labute approximate surface area is 128 Å². The van der Waals surface area contributed by atoms with Crippen LogP contribution in [0.2, 0.25) is 0 Å². The molecule has 0 aromatic carbocycles. The minimum absolute atomic E-state index is 0.180. The lowest BCUT2D eigenvalue weighted by Crippen LogP contribution is -2.33. The molecule has 0 heterocycles. The molecule has 21 heavy (non-hydrogen) atoms. The van der Waals surface area contributed by atoms with Crippen LogP contribution in [0.15, 0.2) is 0 Å². The minimum Gasteiger partial charge on any atom is -0.466 e. The van der Waals surface area contributed by atoms with Crippen molar-refractivity contribution in [2.45, 2.75) is 83.7 Å². The van der Waals surface area contributed by atoms with E-state index in [0.717, 1.165) is 25.7 Å². The molecular formula is C15H31O5P. The summed E-state index contributed by atoms with van der Waals surface area (Å²) < 4.78 is 17.1. The molecule has 0 aliphatic carbocycles. The molecule has 0 radical (unpaired) electrons. The molecule has 0 amide bonds. The molecule has 0 aliphatic heterocycles. The van der Waals surface area contributed by atoms with Gasteiger partial charge in [-0.15, -0.1) is 0 Å². The standard InChI is InChI=1S/C15H31O5P/c1-4-7-10-15(11-8-5-2,21(17,18)19)13-14(16)20-12-9-6-3/h4-13H2,1-3H3,(H2,17,18,19). The summed E-state index contributed by atoms with van der Waals surface area (Å²) in [5, 5.41) is -1.25. The molecule has 126 valence electrons. The number of esters is 1. The SMILES string of the molecule is CCCCOC(=O)CC(CCCC)(CCCC)P(=O)(O)O. The summed E-state index contributed by atoms with van der Waals surface area (Å²) in [6, 6.07) is 0. The molecule has 0 unspecified atom stereocenters. The van der Waals surface area contributed by atoms with Crippen molar-refractivity contribution in [2.24, 2.45) is 0 Å². The molecule has 6 heteroatoms. The molecule has 0 aromatic rings. The maximum absolute atomic E-state index is 12.0. The predicted octanol–water partition coefficient (Wildman–Crippen LogP) is 4.02. The van der Waals surface area contributed by atoms with Gasteiger partial charge in [-0.3, -0.25) is 9.36 Å². The molecule has 0 aromatic heterocycles. The maximum atomic E-state index is 12.0. The third-order valence-electron chi connectivity index (χ3n) is 3.84. The van der Waals surface area contributed by atoms with Crippen molar-refractivity contribution in [3.63, 3.8) is 0 Å². The number of ether oxygens (including phenoxy) is 1. The highest BCUT2D eigenvalue weighted by atomic mass is 31.2. The number of unbranched alkanes of at least 4 members (excludes halogenated alkanes) is 3. The lowest BCUT2D eigenvalue weighted by atomic mass is 9.91. The zero-order valence-electron chi connectivity index (χ0n) is 13.6. The fourth-order valence-electron chi connectivity index (χ4n) is 2.36. The van der Waals surface area contributed by atoms with Crippen LogP contribution in [0.25, 0.3) is 0 Å². The largest absolute Gasteiger partial charge is 0.466 e. The van der Waals surface area contributed by atoms with E-state index in [2.05, 4.69) is 0 Å². The second kappa shape index (κ2) is 10.4. The van der Waals surface area contributed by atoms with Crippen LogP contribution in [0.3, 0.4) is 0 Å². The van der Waals surface area contributed by atoms with Crippen molar-refractivity contribution in [1.82, 2.24) is 0 Å². The van der Waals surface area contributed by atoms with Gasteiger partial charge in [-0.1, -0.05) is 52.9 Å². The monoisotopic (exact) mass is 322 g/mol. The van der Waals surface area contributed by atoms with E-state index in [9.17, 15) is 19.1 Å². The Hall–Kier alpha value is -0.380. The summed E-state index contributed by atoms with van der Waals surface area (Å²) in [5.41, 5.74) is 0. The Morgan fingerprint density at radius 3 is 1.86 bits per heavy atom. The lowest BCUT2D eigenvalue weighted by Gasteiger charge is -2.33. The minimum atomic E-state index is -4.36. The van der Waals surface area contributed by atoms with E-state index < -0.39 is 18.7 Å². The van der Waals surface area contributed by atoms with Crippen LogP contribution in [0.5, 0.6) is 0 Å². The molecule has 0 spiro atoms. The molecule has 0 saturated carbocycles. The van der Waals surface area contributed by atoms with Crippen molar-refractivity contribution in [1.29, 1.82) is 0 Å². The van der Waals surface area contributed by atoms with Crippen LogP contribution in [-0.2, 0) is 14.1 Å². The van der Waals surface area contributed by atoms with E-state index in [-0.39, 0.29) is 6.42 Å². The highest BCUT2D eigenvalue weighted by Crippen LogP contribution is 2.58. The van der Waals surface area contributed by atoms with E-state index in [4.69, 9.17) is 4.74 Å². The Morgan fingerprint density at radius 1 is 1.00 bits per heavy atom. The van der Waals surface area contributed by atoms with Gasteiger partial charge in [0.15, 0.2) is 0 Å². The molecule has 0 atom stereocenters. The van der Waals surface area contributed by atoms with Gasteiger partial charge in [-0.25, -0.2) is 0 Å². The lowest BCUT2D eigenvalue weighted by molar-refractivity contribution is -0.144. The number of hydrogen-bond acceptors (Lipinski definition) is 3. The van der Waals surface area contributed by atoms with Crippen molar-refractivity contribution in [2.75, 3.05) is 6.61 Å². The van der Waals surface area contributed by atoms with Gasteiger partial charge in [0.1, 0.15) is 0 Å². The molecule has 0 saturated heterocycles. The van der Waals surface area contributed by atoms with E-state index >= 15 is 0 Å². The average Bonchev–Trinajstić information content (AvgIpc) is 2.41. The van der Waals surface area contributed by atoms with Crippen LogP contribution in [0.4, 0.5) is 0 Å². The van der Waals surface area contributed by atoms with E-state index in [1.807, 2.05) is 20.8 Å². The normalized spacial score (nSPS) is 12.4. The molecule has 5 nitrogen and oxygen atoms in total. The smallest absolute Gasteiger partial charge is 0.332 e. The van der Waals surface area contributed by atoms with Crippen LogP contribution in [-0.4, -0.2) is 27.5 Å². The zero-order valence-corrected chi connectivity index (χ0v) is 14.5. The first-order chi connectivity index (χ1) is 9.83. The molecule has 2 N–H and O–H groups in total. The van der Waals surface area contributed by atoms with Gasteiger partial charge < -0.3 is 14.5 Å². The van der Waals surface area contributed by atoms with Crippen molar-refractivity contribution in [3.8, 4) is 0 Å². The van der Waals surface area contributed by atoms with E-state index in [0.29, 0.717) is 32.3 Å². The first-order valence-corrected chi connectivity index (χ1v) is 9.65. The summed E-state index contributed by atoms with van der Waals surface area (Å²) >= 11 is 0. The molecule has 0 rings (SSSR count). The first kappa shape index (κ1) is 20.6. The van der Waals surface area contributed by atoms with Crippen molar-refractivity contribution >= 4 is 13.6 Å². The van der Waals surface area contributed by atoms with Crippen molar-refractivity contribution in [3.05, 3.63) is 0 Å². The second-order valence-corrected chi connectivity index (χ2v) is 7.76. The predicted molar refractivity (Wildman–Crippen MR) is 84.3 cm³/mol. The van der Waals surface area contributed by atoms with Gasteiger partial charge in [0.2, 0.25) is 0 Å². The van der Waals surface area contributed by atoms with Gasteiger partial charge >= 0.3 is 13.6 Å². The van der Waals surface area contributed by atoms with Gasteiger partial charge in [0, 0.05) is 0 Å². The topological polar surface area (TPSA) is 83.8 Å². The van der Waals surface area contributed by atoms with E-state index in [1.54, 1.807) is 0 Å². The average molecular weight is 322 g/mol. The maximum Gasteiger partial charge on any atom is 0.332 e. The van der Waals surface area contributed by atoms with Gasteiger partial charge in [0.25, 0.3) is 0 Å². The highest BCUT2D eigenvalue weighted by molar-refractivity contribution is 7.53. The van der Waals surface area contributed by atoms with Gasteiger partial charge in [0.05, 0.1) is 18.2 Å². The first-order valence-electron chi connectivity index (χ1n) is 8.04. The summed E-state index contributed by atoms with van der Waals surface area (Å²) in [4.78, 5) is 31.6. The van der Waals surface area contributed by atoms with Crippen molar-refractivity contribution < 1.29 is 23.9 Å². The highest BCUT2D eigenvalue weighted by Gasteiger charge is 2.47. The Bertz CT molecular complexity index is 329. The Balaban J connectivity index is 4.97. The number of hydrogen-bond donors (Lipinski definition) is 2. The third-order valence-corrected chi connectivity index (χ3v) is 5.68. The summed E-state index contributed by atoms with van der Waals surface area (Å²) in [7, 11) is -4.36. The fraction of sp³-hybridized carbons (Fsp3) is 0.933. The van der Waals surface area contributed by atoms with Crippen LogP contribution < -0.4 is 0 Å². The fourth-order valence-corrected chi connectivity index (χ4v) is 3.59.